The zero-order valence-electron chi connectivity index (χ0n) is 19.3. The molecule has 0 fully saturated rings. The lowest BCUT2D eigenvalue weighted by atomic mass is 10.1. The Morgan fingerprint density at radius 3 is 2.79 bits per heavy atom. The van der Waals surface area contributed by atoms with E-state index in [1.807, 2.05) is 19.1 Å². The molecule has 0 unspecified atom stereocenters. The van der Waals surface area contributed by atoms with Crippen LogP contribution < -0.4 is 5.32 Å². The summed E-state index contributed by atoms with van der Waals surface area (Å²) in [6.07, 6.45) is 5.05. The lowest BCUT2D eigenvalue weighted by Crippen LogP contribution is -2.27. The highest BCUT2D eigenvalue weighted by Crippen LogP contribution is 2.24. The van der Waals surface area contributed by atoms with Crippen molar-refractivity contribution in [2.24, 2.45) is 0 Å². The predicted molar refractivity (Wildman–Crippen MR) is 128 cm³/mol. The van der Waals surface area contributed by atoms with E-state index in [1.165, 1.54) is 12.0 Å². The number of nitriles is 1. The third-order valence-corrected chi connectivity index (χ3v) is 6.39. The Kier molecular flexibility index (Phi) is 6.09. The van der Waals surface area contributed by atoms with Crippen molar-refractivity contribution in [2.75, 3.05) is 6.54 Å². The summed E-state index contributed by atoms with van der Waals surface area (Å²) in [5.41, 5.74) is 3.76. The molecule has 3 heterocycles. The van der Waals surface area contributed by atoms with Crippen LogP contribution in [0.1, 0.15) is 58.1 Å². The van der Waals surface area contributed by atoms with Crippen LogP contribution in [0.3, 0.4) is 0 Å². The highest BCUT2D eigenvalue weighted by molar-refractivity contribution is 6.06. The number of nitrogens with one attached hydrogen (secondary N) is 1. The molecule has 8 nitrogen and oxygen atoms in total. The summed E-state index contributed by atoms with van der Waals surface area (Å²) < 4.78 is 3.99. The first kappa shape index (κ1) is 21.8. The molecule has 0 bridgehead atoms. The summed E-state index contributed by atoms with van der Waals surface area (Å²) in [5, 5.41) is 26.6. The van der Waals surface area contributed by atoms with E-state index in [2.05, 4.69) is 55.5 Å². The first-order chi connectivity index (χ1) is 16.6. The third kappa shape index (κ3) is 4.29. The average Bonchev–Trinajstić information content (AvgIpc) is 3.32. The van der Waals surface area contributed by atoms with Gasteiger partial charge in [-0.3, -0.25) is 9.48 Å². The molecule has 0 saturated carbocycles. The molecule has 1 aliphatic heterocycles. The fourth-order valence-corrected chi connectivity index (χ4v) is 4.57. The lowest BCUT2D eigenvalue weighted by Gasteiger charge is -2.07. The number of amides is 1. The molecular weight excluding hydrogens is 426 g/mol. The summed E-state index contributed by atoms with van der Waals surface area (Å²) >= 11 is 0. The van der Waals surface area contributed by atoms with E-state index < -0.39 is 0 Å². The van der Waals surface area contributed by atoms with E-state index in [9.17, 15) is 10.1 Å². The second kappa shape index (κ2) is 9.48. The maximum atomic E-state index is 13.2. The van der Waals surface area contributed by atoms with Crippen molar-refractivity contribution in [2.45, 2.75) is 52.1 Å². The fraction of sp³-hybridized carbons (Fsp3) is 0.346. The minimum atomic E-state index is -0.286. The number of hydrogen-bond donors (Lipinski definition) is 1. The van der Waals surface area contributed by atoms with Gasteiger partial charge in [0.1, 0.15) is 11.6 Å². The molecule has 8 heteroatoms. The molecule has 2 aromatic carbocycles. The maximum absolute atomic E-state index is 13.2. The third-order valence-electron chi connectivity index (χ3n) is 6.39. The van der Waals surface area contributed by atoms with Crippen LogP contribution in [0, 0.1) is 18.3 Å². The van der Waals surface area contributed by atoms with Gasteiger partial charge in [0.25, 0.3) is 5.91 Å². The van der Waals surface area contributed by atoms with E-state index >= 15 is 0 Å². The lowest BCUT2D eigenvalue weighted by molar-refractivity contribution is 0.0949. The number of aryl methyl sites for hydroxylation is 2. The number of rotatable bonds is 6. The second-order valence-electron chi connectivity index (χ2n) is 8.80. The Balaban J connectivity index is 1.37. The Morgan fingerprint density at radius 1 is 1.12 bits per heavy atom. The van der Waals surface area contributed by atoms with Gasteiger partial charge in [0.2, 0.25) is 0 Å². The van der Waals surface area contributed by atoms with Crippen molar-refractivity contribution in [3.05, 3.63) is 76.5 Å². The molecule has 4 aromatic rings. The fourth-order valence-electron chi connectivity index (χ4n) is 4.57. The van der Waals surface area contributed by atoms with Crippen molar-refractivity contribution >= 4 is 16.8 Å². The maximum Gasteiger partial charge on any atom is 0.272 e. The smallest absolute Gasteiger partial charge is 0.272 e. The van der Waals surface area contributed by atoms with Gasteiger partial charge < -0.3 is 9.88 Å². The molecule has 0 aliphatic carbocycles. The molecule has 2 aromatic heterocycles. The second-order valence-corrected chi connectivity index (χ2v) is 8.80. The Hall–Kier alpha value is -3.99. The summed E-state index contributed by atoms with van der Waals surface area (Å²) in [6.45, 7) is 3.93. The standard InChI is InChI=1S/C26H27N7O/c1-18-9-11-19(12-10-18)17-33-21-7-5-6-20(16-27)24(21)25(31-33)26(34)28-14-13-23-30-29-22-8-3-2-4-15-32(22)23/h5-7,9-12H,2-4,8,13-15,17H2,1H3,(H,28,34). The summed E-state index contributed by atoms with van der Waals surface area (Å²) in [4.78, 5) is 13.2. The number of hydrogen-bond acceptors (Lipinski definition) is 5. The van der Waals surface area contributed by atoms with Crippen LogP contribution in [-0.2, 0) is 25.9 Å². The minimum Gasteiger partial charge on any atom is -0.350 e. The summed E-state index contributed by atoms with van der Waals surface area (Å²) in [5.74, 6) is 1.66. The Morgan fingerprint density at radius 2 is 1.97 bits per heavy atom. The van der Waals surface area contributed by atoms with Gasteiger partial charge in [0.05, 0.1) is 29.1 Å². The van der Waals surface area contributed by atoms with Crippen LogP contribution >= 0.6 is 0 Å². The monoisotopic (exact) mass is 453 g/mol. The highest BCUT2D eigenvalue weighted by atomic mass is 16.1. The molecule has 0 atom stereocenters. The van der Waals surface area contributed by atoms with Gasteiger partial charge >= 0.3 is 0 Å². The molecule has 1 amide bonds. The summed E-state index contributed by atoms with van der Waals surface area (Å²) in [6, 6.07) is 15.9. The number of nitrogens with zero attached hydrogens (tertiary/aromatic N) is 6. The van der Waals surface area contributed by atoms with Crippen molar-refractivity contribution < 1.29 is 4.79 Å². The Bertz CT molecular complexity index is 1370. The minimum absolute atomic E-state index is 0.277. The SMILES string of the molecule is Cc1ccc(Cn2nc(C(=O)NCCc3nnc4n3CCCCC4)c3c(C#N)cccc32)cc1. The highest BCUT2D eigenvalue weighted by Gasteiger charge is 2.21. The van der Waals surface area contributed by atoms with Crippen LogP contribution in [-0.4, -0.2) is 37.0 Å². The van der Waals surface area contributed by atoms with Crippen LogP contribution in [0.2, 0.25) is 0 Å². The van der Waals surface area contributed by atoms with Gasteiger partial charge in [-0.15, -0.1) is 10.2 Å². The van der Waals surface area contributed by atoms with E-state index in [4.69, 9.17) is 0 Å². The molecule has 0 saturated heterocycles. The van der Waals surface area contributed by atoms with E-state index in [0.29, 0.717) is 30.5 Å². The van der Waals surface area contributed by atoms with Gasteiger partial charge in [0, 0.05) is 25.9 Å². The van der Waals surface area contributed by atoms with Gasteiger partial charge in [-0.25, -0.2) is 0 Å². The number of fused-ring (bicyclic) bond motifs is 2. The number of carbonyl (C=O) groups is 1. The van der Waals surface area contributed by atoms with Gasteiger partial charge in [-0.2, -0.15) is 10.4 Å². The number of benzene rings is 2. The molecule has 172 valence electrons. The molecule has 5 rings (SSSR count). The first-order valence-corrected chi connectivity index (χ1v) is 11.8. The quantitative estimate of drug-likeness (QED) is 0.481. The van der Waals surface area contributed by atoms with Crippen molar-refractivity contribution in [1.29, 1.82) is 5.26 Å². The molecule has 0 spiro atoms. The van der Waals surface area contributed by atoms with Gasteiger partial charge in [-0.1, -0.05) is 42.3 Å². The van der Waals surface area contributed by atoms with Crippen LogP contribution in [0.25, 0.3) is 10.9 Å². The molecule has 34 heavy (non-hydrogen) atoms. The molecule has 0 radical (unpaired) electrons. The Labute approximate surface area is 198 Å². The largest absolute Gasteiger partial charge is 0.350 e. The molecule has 1 aliphatic rings. The summed E-state index contributed by atoms with van der Waals surface area (Å²) in [7, 11) is 0. The van der Waals surface area contributed by atoms with Crippen molar-refractivity contribution in [3.8, 4) is 6.07 Å². The molecular formula is C26H27N7O. The van der Waals surface area contributed by atoms with E-state index in [1.54, 1.807) is 10.7 Å². The first-order valence-electron chi connectivity index (χ1n) is 11.8. The number of carbonyl (C=O) groups excluding carboxylic acids is 1. The van der Waals surface area contributed by atoms with E-state index in [-0.39, 0.29) is 11.6 Å². The van der Waals surface area contributed by atoms with Crippen LogP contribution in [0.15, 0.2) is 42.5 Å². The molecule has 1 N–H and O–H groups in total. The average molecular weight is 454 g/mol. The van der Waals surface area contributed by atoms with Gasteiger partial charge in [0.15, 0.2) is 5.69 Å². The van der Waals surface area contributed by atoms with Gasteiger partial charge in [-0.05, 0) is 37.5 Å². The van der Waals surface area contributed by atoms with E-state index in [0.717, 1.165) is 48.5 Å². The van der Waals surface area contributed by atoms with Crippen molar-refractivity contribution in [3.63, 3.8) is 0 Å². The zero-order valence-corrected chi connectivity index (χ0v) is 19.3. The topological polar surface area (TPSA) is 101 Å². The number of aromatic nitrogens is 5. The predicted octanol–water partition coefficient (Wildman–Crippen LogP) is 3.56. The van der Waals surface area contributed by atoms with Crippen LogP contribution in [0.4, 0.5) is 0 Å². The normalized spacial score (nSPS) is 13.3. The van der Waals surface area contributed by atoms with Crippen LogP contribution in [0.5, 0.6) is 0 Å². The zero-order chi connectivity index (χ0) is 23.5. The van der Waals surface area contributed by atoms with Crippen molar-refractivity contribution in [1.82, 2.24) is 29.9 Å².